The van der Waals surface area contributed by atoms with E-state index in [0.717, 1.165) is 17.0 Å². The molecule has 4 rings (SSSR count). The van der Waals surface area contributed by atoms with Gasteiger partial charge in [0.05, 0.1) is 41.6 Å². The number of ether oxygens (including phenoxy) is 1. The number of hydrogen-bond donors (Lipinski definition) is 1. The van der Waals surface area contributed by atoms with Gasteiger partial charge in [-0.05, 0) is 42.8 Å². The number of hydrogen-bond acceptors (Lipinski definition) is 5. The summed E-state index contributed by atoms with van der Waals surface area (Å²) in [4.78, 5) is 43.0. The summed E-state index contributed by atoms with van der Waals surface area (Å²) < 4.78 is 44.9. The average molecular weight is 528 g/mol. The summed E-state index contributed by atoms with van der Waals surface area (Å²) in [5.74, 6) is -0.432. The highest BCUT2D eigenvalue weighted by Gasteiger charge is 2.40. The third-order valence-corrected chi connectivity index (χ3v) is 6.52. The first kappa shape index (κ1) is 26.5. The molecule has 1 N–H and O–H groups in total. The number of nitrogens with one attached hydrogen (secondary N) is 1. The fourth-order valence-electron chi connectivity index (χ4n) is 4.54. The number of methoxy groups -OCH3 is 1. The molecule has 2 aromatic rings. The van der Waals surface area contributed by atoms with Gasteiger partial charge in [-0.25, -0.2) is 9.59 Å². The van der Waals surface area contributed by atoms with E-state index in [9.17, 15) is 27.6 Å². The van der Waals surface area contributed by atoms with E-state index in [1.54, 1.807) is 24.3 Å². The zero-order chi connectivity index (χ0) is 27.6. The smallest absolute Gasteiger partial charge is 0.416 e. The SMILES string of the molecule is COC(=O)N1CCN(C(=O)C2=C(C)N(c3cccc(C(F)(F)F)c3)C(=O)NC2c2ccc(C#N)cc2)CC1. The standard InChI is InChI=1S/C26H24F3N5O4/c1-16-21(23(35)32-10-12-33(13-11-32)25(37)38-2)22(18-8-6-17(15-30)7-9-18)31-24(36)34(16)20-5-3-4-19(14-20)26(27,28)29/h3-9,14,22H,10-13H2,1-2H3,(H,31,36). The number of amides is 4. The predicted octanol–water partition coefficient (Wildman–Crippen LogP) is 4.03. The predicted molar refractivity (Wildman–Crippen MR) is 130 cm³/mol. The van der Waals surface area contributed by atoms with Crippen LogP contribution in [0.2, 0.25) is 0 Å². The molecule has 198 valence electrons. The van der Waals surface area contributed by atoms with Crippen molar-refractivity contribution in [2.75, 3.05) is 38.2 Å². The second-order valence-corrected chi connectivity index (χ2v) is 8.75. The van der Waals surface area contributed by atoms with E-state index >= 15 is 0 Å². The van der Waals surface area contributed by atoms with E-state index in [4.69, 9.17) is 10.00 Å². The molecule has 1 atom stereocenters. The summed E-state index contributed by atoms with van der Waals surface area (Å²) in [6.45, 7) is 2.37. The van der Waals surface area contributed by atoms with Crippen LogP contribution < -0.4 is 10.2 Å². The Balaban J connectivity index is 1.76. The highest BCUT2D eigenvalue weighted by atomic mass is 19.4. The number of urea groups is 1. The van der Waals surface area contributed by atoms with Crippen LogP contribution in [0.4, 0.5) is 28.4 Å². The highest BCUT2D eigenvalue weighted by Crippen LogP contribution is 2.37. The summed E-state index contributed by atoms with van der Waals surface area (Å²) in [6.07, 6.45) is -5.13. The first-order chi connectivity index (χ1) is 18.0. The first-order valence-electron chi connectivity index (χ1n) is 11.7. The number of nitriles is 1. The van der Waals surface area contributed by atoms with Crippen molar-refractivity contribution in [2.45, 2.75) is 19.1 Å². The lowest BCUT2D eigenvalue weighted by atomic mass is 9.92. The maximum atomic E-state index is 13.8. The molecule has 2 aliphatic rings. The molecule has 12 heteroatoms. The molecular weight excluding hydrogens is 503 g/mol. The van der Waals surface area contributed by atoms with Crippen LogP contribution in [0.5, 0.6) is 0 Å². The van der Waals surface area contributed by atoms with Gasteiger partial charge in [0.15, 0.2) is 0 Å². The molecule has 1 saturated heterocycles. The molecule has 38 heavy (non-hydrogen) atoms. The van der Waals surface area contributed by atoms with Crippen LogP contribution in [0, 0.1) is 11.3 Å². The Morgan fingerprint density at radius 2 is 1.68 bits per heavy atom. The second kappa shape index (κ2) is 10.5. The molecule has 4 amide bonds. The van der Waals surface area contributed by atoms with Crippen molar-refractivity contribution in [1.29, 1.82) is 5.26 Å². The van der Waals surface area contributed by atoms with Crippen LogP contribution in [-0.4, -0.2) is 61.1 Å². The molecule has 2 aromatic carbocycles. The number of piperazine rings is 1. The third-order valence-electron chi connectivity index (χ3n) is 6.52. The van der Waals surface area contributed by atoms with Crippen molar-refractivity contribution in [3.05, 3.63) is 76.5 Å². The van der Waals surface area contributed by atoms with Gasteiger partial charge in [-0.3, -0.25) is 9.69 Å². The number of halogens is 3. The first-order valence-corrected chi connectivity index (χ1v) is 11.7. The zero-order valence-electron chi connectivity index (χ0n) is 20.6. The minimum absolute atomic E-state index is 0.0473. The lowest BCUT2D eigenvalue weighted by Gasteiger charge is -2.39. The van der Waals surface area contributed by atoms with Gasteiger partial charge in [-0.2, -0.15) is 18.4 Å². The van der Waals surface area contributed by atoms with Crippen molar-refractivity contribution in [2.24, 2.45) is 0 Å². The summed E-state index contributed by atoms with van der Waals surface area (Å²) in [5, 5.41) is 11.9. The van der Waals surface area contributed by atoms with E-state index < -0.39 is 35.8 Å². The molecule has 9 nitrogen and oxygen atoms in total. The van der Waals surface area contributed by atoms with Crippen LogP contribution in [0.25, 0.3) is 0 Å². The minimum atomic E-state index is -4.62. The van der Waals surface area contributed by atoms with Crippen LogP contribution >= 0.6 is 0 Å². The monoisotopic (exact) mass is 527 g/mol. The molecule has 2 heterocycles. The van der Waals surface area contributed by atoms with Gasteiger partial charge >= 0.3 is 18.3 Å². The number of allylic oxidation sites excluding steroid dienone is 1. The topological polar surface area (TPSA) is 106 Å². The van der Waals surface area contributed by atoms with Crippen LogP contribution in [-0.2, 0) is 15.7 Å². The molecule has 0 radical (unpaired) electrons. The molecule has 0 aliphatic carbocycles. The Kier molecular flexibility index (Phi) is 7.30. The minimum Gasteiger partial charge on any atom is -0.453 e. The number of carbonyl (C=O) groups is 3. The Labute approximate surface area is 216 Å². The van der Waals surface area contributed by atoms with E-state index in [-0.39, 0.29) is 43.1 Å². The molecule has 2 aliphatic heterocycles. The lowest BCUT2D eigenvalue weighted by molar-refractivity contribution is -0.137. The van der Waals surface area contributed by atoms with E-state index in [1.807, 2.05) is 6.07 Å². The van der Waals surface area contributed by atoms with Crippen molar-refractivity contribution in [3.63, 3.8) is 0 Å². The average Bonchev–Trinajstić information content (AvgIpc) is 2.92. The van der Waals surface area contributed by atoms with E-state index in [1.165, 1.54) is 36.0 Å². The van der Waals surface area contributed by atoms with Crippen molar-refractivity contribution < 1.29 is 32.3 Å². The van der Waals surface area contributed by atoms with Gasteiger partial charge in [0.25, 0.3) is 5.91 Å². The van der Waals surface area contributed by atoms with E-state index in [2.05, 4.69) is 5.32 Å². The van der Waals surface area contributed by atoms with Gasteiger partial charge in [-0.15, -0.1) is 0 Å². The summed E-state index contributed by atoms with van der Waals surface area (Å²) in [5.41, 5.74) is 0.262. The molecule has 0 spiro atoms. The Morgan fingerprint density at radius 3 is 2.26 bits per heavy atom. The van der Waals surface area contributed by atoms with Crippen LogP contribution in [0.3, 0.4) is 0 Å². The van der Waals surface area contributed by atoms with Gasteiger partial charge in [-0.1, -0.05) is 18.2 Å². The maximum Gasteiger partial charge on any atom is 0.416 e. The maximum absolute atomic E-state index is 13.8. The Bertz CT molecular complexity index is 1330. The Hall–Kier alpha value is -4.53. The molecule has 1 unspecified atom stereocenters. The summed E-state index contributed by atoms with van der Waals surface area (Å²) in [7, 11) is 1.27. The summed E-state index contributed by atoms with van der Waals surface area (Å²) in [6, 6.07) is 11.0. The van der Waals surface area contributed by atoms with Gasteiger partial charge in [0.2, 0.25) is 0 Å². The Morgan fingerprint density at radius 1 is 1.05 bits per heavy atom. The normalized spacial score (nSPS) is 18.2. The number of alkyl halides is 3. The van der Waals surface area contributed by atoms with Crippen LogP contribution in [0.15, 0.2) is 59.8 Å². The highest BCUT2D eigenvalue weighted by molar-refractivity contribution is 6.05. The van der Waals surface area contributed by atoms with Crippen LogP contribution in [0.1, 0.15) is 29.7 Å². The largest absolute Gasteiger partial charge is 0.453 e. The lowest BCUT2D eigenvalue weighted by Crippen LogP contribution is -2.54. The number of nitrogens with zero attached hydrogens (tertiary/aromatic N) is 4. The molecule has 0 saturated carbocycles. The number of carbonyl (C=O) groups excluding carboxylic acids is 3. The zero-order valence-corrected chi connectivity index (χ0v) is 20.6. The third kappa shape index (κ3) is 5.13. The number of rotatable bonds is 3. The fourth-order valence-corrected chi connectivity index (χ4v) is 4.54. The summed E-state index contributed by atoms with van der Waals surface area (Å²) >= 11 is 0. The molecular formula is C26H24F3N5O4. The van der Waals surface area contributed by atoms with Crippen molar-refractivity contribution >= 4 is 23.7 Å². The molecule has 0 bridgehead atoms. The fraction of sp³-hybridized carbons (Fsp3) is 0.308. The van der Waals surface area contributed by atoms with E-state index in [0.29, 0.717) is 11.1 Å². The van der Waals surface area contributed by atoms with Gasteiger partial charge in [0.1, 0.15) is 0 Å². The van der Waals surface area contributed by atoms with Crippen molar-refractivity contribution in [1.82, 2.24) is 15.1 Å². The number of benzene rings is 2. The van der Waals surface area contributed by atoms with Gasteiger partial charge in [0, 0.05) is 31.9 Å². The molecule has 1 fully saturated rings. The van der Waals surface area contributed by atoms with Gasteiger partial charge < -0.3 is 19.9 Å². The number of anilines is 1. The second-order valence-electron chi connectivity index (χ2n) is 8.75. The quantitative estimate of drug-likeness (QED) is 0.649. The van der Waals surface area contributed by atoms with Crippen molar-refractivity contribution in [3.8, 4) is 6.07 Å². The molecule has 0 aromatic heterocycles.